The molecule has 4 rings (SSSR count). The molecular formula is C28H48O2. The van der Waals surface area contributed by atoms with Crippen LogP contribution in [0.2, 0.25) is 0 Å². The monoisotopic (exact) mass is 416 g/mol. The van der Waals surface area contributed by atoms with Crippen molar-refractivity contribution in [1.82, 2.24) is 0 Å². The minimum Gasteiger partial charge on any atom is -0.390 e. The maximum Gasteiger partial charge on any atom is 0.0657 e. The van der Waals surface area contributed by atoms with E-state index >= 15 is 0 Å². The number of hydrogen-bond acceptors (Lipinski definition) is 2. The highest BCUT2D eigenvalue weighted by Gasteiger charge is 2.59. The third-order valence-electron chi connectivity index (χ3n) is 11.0. The molecule has 0 amide bonds. The van der Waals surface area contributed by atoms with E-state index in [0.29, 0.717) is 16.7 Å². The Hall–Kier alpha value is -0.340. The molecule has 4 aliphatic rings. The molecule has 3 fully saturated rings. The largest absolute Gasteiger partial charge is 0.390 e. The molecule has 0 spiro atoms. The Morgan fingerprint density at radius 3 is 2.53 bits per heavy atom. The van der Waals surface area contributed by atoms with Gasteiger partial charge in [0.1, 0.15) is 0 Å². The summed E-state index contributed by atoms with van der Waals surface area (Å²) in [7, 11) is 0. The Bertz CT molecular complexity index is 676. The van der Waals surface area contributed by atoms with E-state index in [9.17, 15) is 10.2 Å². The molecule has 3 saturated carbocycles. The Morgan fingerprint density at radius 1 is 1.10 bits per heavy atom. The fourth-order valence-electron chi connectivity index (χ4n) is 8.70. The lowest BCUT2D eigenvalue weighted by Gasteiger charge is -2.59. The molecule has 172 valence electrons. The third kappa shape index (κ3) is 3.72. The van der Waals surface area contributed by atoms with Gasteiger partial charge in [0.05, 0.1) is 11.2 Å². The summed E-state index contributed by atoms with van der Waals surface area (Å²) < 4.78 is 0. The topological polar surface area (TPSA) is 40.5 Å². The van der Waals surface area contributed by atoms with Crippen LogP contribution in [0, 0.1) is 40.4 Å². The molecule has 0 heterocycles. The summed E-state index contributed by atoms with van der Waals surface area (Å²) in [6.07, 6.45) is 15.4. The first-order valence-electron chi connectivity index (χ1n) is 13.1. The van der Waals surface area contributed by atoms with Gasteiger partial charge in [-0.15, -0.1) is 0 Å². The van der Waals surface area contributed by atoms with E-state index in [0.717, 1.165) is 49.4 Å². The van der Waals surface area contributed by atoms with Gasteiger partial charge in [0.2, 0.25) is 0 Å². The molecular weight excluding hydrogens is 368 g/mol. The van der Waals surface area contributed by atoms with Crippen LogP contribution in [0.25, 0.3) is 0 Å². The maximum atomic E-state index is 10.7. The molecule has 2 heteroatoms. The van der Waals surface area contributed by atoms with E-state index < -0.39 is 11.2 Å². The summed E-state index contributed by atoms with van der Waals surface area (Å²) in [5, 5.41) is 21.2. The van der Waals surface area contributed by atoms with E-state index in [4.69, 9.17) is 0 Å². The first-order chi connectivity index (χ1) is 13.9. The lowest BCUT2D eigenvalue weighted by Crippen LogP contribution is -2.52. The molecule has 0 aromatic carbocycles. The van der Waals surface area contributed by atoms with E-state index in [1.54, 1.807) is 5.57 Å². The molecule has 2 nitrogen and oxygen atoms in total. The number of hydrogen-bond donors (Lipinski definition) is 2. The summed E-state index contributed by atoms with van der Waals surface area (Å²) in [6.45, 7) is 13.8. The van der Waals surface area contributed by atoms with E-state index in [-0.39, 0.29) is 0 Å². The Morgan fingerprint density at radius 2 is 1.83 bits per heavy atom. The van der Waals surface area contributed by atoms with Gasteiger partial charge in [0, 0.05) is 0 Å². The van der Waals surface area contributed by atoms with Crippen molar-refractivity contribution in [3.8, 4) is 0 Å². The van der Waals surface area contributed by atoms with Crippen molar-refractivity contribution in [2.45, 2.75) is 123 Å². The van der Waals surface area contributed by atoms with Gasteiger partial charge in [0.25, 0.3) is 0 Å². The zero-order chi connectivity index (χ0) is 21.9. The average Bonchev–Trinajstić information content (AvgIpc) is 3.04. The summed E-state index contributed by atoms with van der Waals surface area (Å²) in [4.78, 5) is 0. The minimum absolute atomic E-state index is 0.329. The molecule has 9 atom stereocenters. The van der Waals surface area contributed by atoms with Gasteiger partial charge in [-0.2, -0.15) is 0 Å². The van der Waals surface area contributed by atoms with Gasteiger partial charge in [-0.3, -0.25) is 0 Å². The highest BCUT2D eigenvalue weighted by atomic mass is 16.3. The lowest BCUT2D eigenvalue weighted by molar-refractivity contribution is -0.0715. The number of fused-ring (bicyclic) bond motifs is 5. The van der Waals surface area contributed by atoms with Crippen LogP contribution in [0.3, 0.4) is 0 Å². The van der Waals surface area contributed by atoms with Crippen molar-refractivity contribution >= 4 is 0 Å². The van der Waals surface area contributed by atoms with Gasteiger partial charge >= 0.3 is 0 Å². The fourth-order valence-corrected chi connectivity index (χ4v) is 8.70. The van der Waals surface area contributed by atoms with Crippen LogP contribution >= 0.6 is 0 Å². The van der Waals surface area contributed by atoms with Crippen molar-refractivity contribution < 1.29 is 10.2 Å². The standard InChI is InChI=1S/C28H48O2/c1-7-25(3,29)14-12-19(2)22-10-11-23-21-9-8-20-18-26(4,30)16-17-27(20,5)24(21)13-15-28(22,23)6/h8,19,21-24,29-30H,7,9-18H2,1-6H3/t19-,21+,22-,23+,24+,25+,26+,27+,28-/m1/s1. The molecule has 4 aliphatic carbocycles. The Balaban J connectivity index is 1.51. The Kier molecular flexibility index (Phi) is 5.80. The lowest BCUT2D eigenvalue weighted by atomic mass is 9.46. The minimum atomic E-state index is -0.494. The van der Waals surface area contributed by atoms with Crippen LogP contribution in [0.1, 0.15) is 112 Å². The van der Waals surface area contributed by atoms with E-state index in [1.807, 2.05) is 13.8 Å². The smallest absolute Gasteiger partial charge is 0.0657 e. The zero-order valence-corrected chi connectivity index (χ0v) is 20.6. The van der Waals surface area contributed by atoms with Crippen LogP contribution < -0.4 is 0 Å². The maximum absolute atomic E-state index is 10.7. The van der Waals surface area contributed by atoms with Crippen molar-refractivity contribution in [3.05, 3.63) is 11.6 Å². The predicted octanol–water partition coefficient (Wildman–Crippen LogP) is 6.89. The molecule has 0 aromatic rings. The number of allylic oxidation sites excluding steroid dienone is 1. The molecule has 0 bridgehead atoms. The van der Waals surface area contributed by atoms with Gasteiger partial charge in [-0.25, -0.2) is 0 Å². The first kappa shape index (κ1) is 22.8. The summed E-state index contributed by atoms with van der Waals surface area (Å²) in [5.74, 6) is 4.07. The highest BCUT2D eigenvalue weighted by Crippen LogP contribution is 2.67. The normalized spacial score (nSPS) is 48.7. The SMILES string of the molecule is CC[C@](C)(O)CC[C@@H](C)[C@H]1CC[C@H]2[C@@H]3CC=C4C[C@@](C)(O)CC[C@]4(C)[C@H]3CC[C@]12C. The van der Waals surface area contributed by atoms with Gasteiger partial charge in [0.15, 0.2) is 0 Å². The van der Waals surface area contributed by atoms with Crippen LogP contribution in [-0.4, -0.2) is 21.4 Å². The van der Waals surface area contributed by atoms with Crippen molar-refractivity contribution in [2.24, 2.45) is 40.4 Å². The second-order valence-electron chi connectivity index (χ2n) is 13.0. The Labute approximate surface area is 185 Å². The number of aliphatic hydroxyl groups is 2. The van der Waals surface area contributed by atoms with Gasteiger partial charge in [-0.1, -0.05) is 39.3 Å². The van der Waals surface area contributed by atoms with Crippen molar-refractivity contribution in [1.29, 1.82) is 0 Å². The molecule has 0 unspecified atom stereocenters. The molecule has 0 radical (unpaired) electrons. The quantitative estimate of drug-likeness (QED) is 0.479. The van der Waals surface area contributed by atoms with Crippen LogP contribution in [-0.2, 0) is 0 Å². The molecule has 2 N–H and O–H groups in total. The van der Waals surface area contributed by atoms with Crippen molar-refractivity contribution in [3.63, 3.8) is 0 Å². The predicted molar refractivity (Wildman–Crippen MR) is 125 cm³/mol. The third-order valence-corrected chi connectivity index (χ3v) is 11.0. The molecule has 0 aliphatic heterocycles. The molecule has 0 aromatic heterocycles. The zero-order valence-electron chi connectivity index (χ0n) is 20.6. The van der Waals surface area contributed by atoms with E-state index in [2.05, 4.69) is 33.8 Å². The molecule has 30 heavy (non-hydrogen) atoms. The molecule has 0 saturated heterocycles. The van der Waals surface area contributed by atoms with Crippen LogP contribution in [0.5, 0.6) is 0 Å². The first-order valence-corrected chi connectivity index (χ1v) is 13.1. The van der Waals surface area contributed by atoms with Crippen LogP contribution in [0.4, 0.5) is 0 Å². The summed E-state index contributed by atoms with van der Waals surface area (Å²) in [5.41, 5.74) is 1.41. The second kappa shape index (κ2) is 7.62. The van der Waals surface area contributed by atoms with E-state index in [1.165, 1.54) is 44.9 Å². The van der Waals surface area contributed by atoms with Crippen molar-refractivity contribution in [2.75, 3.05) is 0 Å². The van der Waals surface area contributed by atoms with Gasteiger partial charge in [-0.05, 0) is 125 Å². The summed E-state index contributed by atoms with van der Waals surface area (Å²) in [6, 6.07) is 0. The number of rotatable bonds is 5. The van der Waals surface area contributed by atoms with Gasteiger partial charge < -0.3 is 10.2 Å². The average molecular weight is 417 g/mol. The second-order valence-corrected chi connectivity index (χ2v) is 13.0. The van der Waals surface area contributed by atoms with Crippen LogP contribution in [0.15, 0.2) is 11.6 Å². The summed E-state index contributed by atoms with van der Waals surface area (Å²) >= 11 is 0. The fraction of sp³-hybridized carbons (Fsp3) is 0.929. The highest BCUT2D eigenvalue weighted by molar-refractivity contribution is 5.26.